The first-order valence-corrected chi connectivity index (χ1v) is 5.65. The maximum absolute atomic E-state index is 5.82. The van der Waals surface area contributed by atoms with E-state index < -0.39 is 0 Å². The fourth-order valence-corrected chi connectivity index (χ4v) is 1.53. The largest absolute Gasteiger partial charge is 0.493 e. The summed E-state index contributed by atoms with van der Waals surface area (Å²) in [6.45, 7) is 5.83. The molecule has 1 rings (SSSR count). The molecule has 0 saturated heterocycles. The molecule has 0 spiro atoms. The van der Waals surface area contributed by atoms with Gasteiger partial charge in [0.15, 0.2) is 0 Å². The fraction of sp³-hybridized carbons (Fsp3) is 0.538. The van der Waals surface area contributed by atoms with E-state index in [2.05, 4.69) is 19.0 Å². The third kappa shape index (κ3) is 3.74. The lowest BCUT2D eigenvalue weighted by molar-refractivity contribution is 0.280. The van der Waals surface area contributed by atoms with Crippen molar-refractivity contribution in [2.45, 2.75) is 20.3 Å². The Morgan fingerprint density at radius 1 is 1.19 bits per heavy atom. The zero-order chi connectivity index (χ0) is 12.1. The second kappa shape index (κ2) is 5.75. The number of hydrogen-bond donors (Lipinski definition) is 1. The first kappa shape index (κ1) is 12.8. The van der Waals surface area contributed by atoms with Crippen molar-refractivity contribution in [1.82, 2.24) is 4.90 Å². The van der Waals surface area contributed by atoms with E-state index in [9.17, 15) is 0 Å². The maximum atomic E-state index is 5.82. The lowest BCUT2D eigenvalue weighted by Gasteiger charge is -2.13. The molecule has 0 bridgehead atoms. The number of nitrogens with zero attached hydrogens (tertiary/aromatic N) is 1. The highest BCUT2D eigenvalue weighted by Gasteiger charge is 2.03. The van der Waals surface area contributed by atoms with Gasteiger partial charge >= 0.3 is 0 Å². The average Bonchev–Trinajstić information content (AvgIpc) is 2.19. The zero-order valence-electron chi connectivity index (χ0n) is 10.7. The second-order valence-corrected chi connectivity index (χ2v) is 4.48. The van der Waals surface area contributed by atoms with Crippen LogP contribution in [-0.4, -0.2) is 32.1 Å². The van der Waals surface area contributed by atoms with Crippen LogP contribution in [0.1, 0.15) is 17.5 Å². The lowest BCUT2D eigenvalue weighted by atomic mass is 10.1. The summed E-state index contributed by atoms with van der Waals surface area (Å²) in [5.41, 5.74) is 8.84. The van der Waals surface area contributed by atoms with Gasteiger partial charge in [0, 0.05) is 12.2 Å². The normalized spacial score (nSPS) is 10.8. The summed E-state index contributed by atoms with van der Waals surface area (Å²) in [7, 11) is 4.14. The number of hydrogen-bond acceptors (Lipinski definition) is 3. The number of aryl methyl sites for hydroxylation is 2. The van der Waals surface area contributed by atoms with Crippen LogP contribution in [0.4, 0.5) is 5.69 Å². The third-order valence-corrected chi connectivity index (χ3v) is 2.57. The Hall–Kier alpha value is -1.22. The van der Waals surface area contributed by atoms with Gasteiger partial charge in [-0.2, -0.15) is 0 Å². The molecular formula is C13H22N2O. The van der Waals surface area contributed by atoms with Crippen LogP contribution in [0.5, 0.6) is 5.75 Å². The van der Waals surface area contributed by atoms with Gasteiger partial charge in [-0.05, 0) is 57.6 Å². The quantitative estimate of drug-likeness (QED) is 0.613. The molecule has 1 aromatic rings. The molecule has 0 amide bonds. The van der Waals surface area contributed by atoms with Crippen LogP contribution in [0.15, 0.2) is 12.1 Å². The third-order valence-electron chi connectivity index (χ3n) is 2.57. The second-order valence-electron chi connectivity index (χ2n) is 4.48. The standard InChI is InChI=1S/C13H22N2O/c1-10-9-13(11(2)8-12(10)14)16-7-5-6-15(3)4/h8-9H,5-7,14H2,1-4H3. The topological polar surface area (TPSA) is 38.5 Å². The zero-order valence-corrected chi connectivity index (χ0v) is 10.7. The Kier molecular flexibility index (Phi) is 4.62. The molecule has 1 aromatic carbocycles. The molecule has 2 N–H and O–H groups in total. The molecule has 0 fully saturated rings. The van der Waals surface area contributed by atoms with Crippen LogP contribution < -0.4 is 10.5 Å². The van der Waals surface area contributed by atoms with E-state index in [1.165, 1.54) is 0 Å². The lowest BCUT2D eigenvalue weighted by Crippen LogP contribution is -2.15. The van der Waals surface area contributed by atoms with Gasteiger partial charge in [-0.15, -0.1) is 0 Å². The Morgan fingerprint density at radius 2 is 1.88 bits per heavy atom. The van der Waals surface area contributed by atoms with Crippen LogP contribution in [0, 0.1) is 13.8 Å². The van der Waals surface area contributed by atoms with E-state index in [0.29, 0.717) is 0 Å². The van der Waals surface area contributed by atoms with Crippen molar-refractivity contribution in [3.8, 4) is 5.75 Å². The van der Waals surface area contributed by atoms with Crippen LogP contribution in [0.3, 0.4) is 0 Å². The van der Waals surface area contributed by atoms with Crippen molar-refractivity contribution >= 4 is 5.69 Å². The molecule has 0 aliphatic rings. The fourth-order valence-electron chi connectivity index (χ4n) is 1.53. The predicted molar refractivity (Wildman–Crippen MR) is 69.0 cm³/mol. The van der Waals surface area contributed by atoms with E-state index in [4.69, 9.17) is 10.5 Å². The van der Waals surface area contributed by atoms with Gasteiger partial charge in [-0.3, -0.25) is 0 Å². The summed E-state index contributed by atoms with van der Waals surface area (Å²) in [5, 5.41) is 0. The summed E-state index contributed by atoms with van der Waals surface area (Å²) in [5.74, 6) is 0.949. The predicted octanol–water partition coefficient (Wildman–Crippen LogP) is 2.22. The number of benzene rings is 1. The molecule has 0 radical (unpaired) electrons. The van der Waals surface area contributed by atoms with Gasteiger partial charge in [-0.1, -0.05) is 0 Å². The Balaban J connectivity index is 2.51. The molecular weight excluding hydrogens is 200 g/mol. The molecule has 16 heavy (non-hydrogen) atoms. The van der Waals surface area contributed by atoms with Crippen molar-refractivity contribution in [2.75, 3.05) is 33.0 Å². The molecule has 90 valence electrons. The SMILES string of the molecule is Cc1cc(OCCCN(C)C)c(C)cc1N. The van der Waals surface area contributed by atoms with Crippen LogP contribution in [0.2, 0.25) is 0 Å². The molecule has 0 atom stereocenters. The van der Waals surface area contributed by atoms with Gasteiger partial charge in [-0.25, -0.2) is 0 Å². The monoisotopic (exact) mass is 222 g/mol. The highest BCUT2D eigenvalue weighted by atomic mass is 16.5. The summed E-state index contributed by atoms with van der Waals surface area (Å²) < 4.78 is 5.74. The molecule has 0 aliphatic carbocycles. The van der Waals surface area contributed by atoms with Gasteiger partial charge in [0.25, 0.3) is 0 Å². The van der Waals surface area contributed by atoms with Crippen LogP contribution in [0.25, 0.3) is 0 Å². The Bertz CT molecular complexity index is 348. The Morgan fingerprint density at radius 3 is 2.50 bits per heavy atom. The molecule has 3 nitrogen and oxygen atoms in total. The van der Waals surface area contributed by atoms with Crippen molar-refractivity contribution < 1.29 is 4.74 Å². The van der Waals surface area contributed by atoms with Crippen molar-refractivity contribution in [1.29, 1.82) is 0 Å². The summed E-state index contributed by atoms with van der Waals surface area (Å²) in [6, 6.07) is 3.98. The van der Waals surface area contributed by atoms with E-state index in [1.807, 2.05) is 26.0 Å². The minimum Gasteiger partial charge on any atom is -0.493 e. The molecule has 3 heteroatoms. The number of rotatable bonds is 5. The van der Waals surface area contributed by atoms with Crippen molar-refractivity contribution in [3.05, 3.63) is 23.3 Å². The minimum atomic E-state index is 0.752. The first-order valence-electron chi connectivity index (χ1n) is 5.65. The highest BCUT2D eigenvalue weighted by Crippen LogP contribution is 2.24. The summed E-state index contributed by atoms with van der Waals surface area (Å²) in [6.07, 6.45) is 1.04. The Labute approximate surface area is 98.2 Å². The number of anilines is 1. The van der Waals surface area contributed by atoms with Crippen LogP contribution in [-0.2, 0) is 0 Å². The smallest absolute Gasteiger partial charge is 0.122 e. The van der Waals surface area contributed by atoms with E-state index in [0.717, 1.165) is 42.1 Å². The maximum Gasteiger partial charge on any atom is 0.122 e. The first-order chi connectivity index (χ1) is 7.50. The van der Waals surface area contributed by atoms with E-state index in [-0.39, 0.29) is 0 Å². The number of ether oxygens (including phenoxy) is 1. The van der Waals surface area contributed by atoms with Gasteiger partial charge in [0.1, 0.15) is 5.75 Å². The van der Waals surface area contributed by atoms with E-state index in [1.54, 1.807) is 0 Å². The molecule has 0 heterocycles. The van der Waals surface area contributed by atoms with Crippen molar-refractivity contribution in [3.63, 3.8) is 0 Å². The average molecular weight is 222 g/mol. The highest BCUT2D eigenvalue weighted by molar-refractivity contribution is 5.53. The minimum absolute atomic E-state index is 0.752. The number of nitrogen functional groups attached to an aromatic ring is 1. The number of nitrogens with two attached hydrogens (primary N) is 1. The summed E-state index contributed by atoms with van der Waals surface area (Å²) in [4.78, 5) is 2.16. The van der Waals surface area contributed by atoms with Gasteiger partial charge < -0.3 is 15.4 Å². The van der Waals surface area contributed by atoms with Gasteiger partial charge in [0.2, 0.25) is 0 Å². The molecule has 0 saturated carbocycles. The van der Waals surface area contributed by atoms with E-state index >= 15 is 0 Å². The summed E-state index contributed by atoms with van der Waals surface area (Å²) >= 11 is 0. The molecule has 0 aromatic heterocycles. The van der Waals surface area contributed by atoms with Crippen LogP contribution >= 0.6 is 0 Å². The molecule has 0 aliphatic heterocycles. The molecule has 0 unspecified atom stereocenters. The van der Waals surface area contributed by atoms with Gasteiger partial charge in [0.05, 0.1) is 6.61 Å². The van der Waals surface area contributed by atoms with Crippen molar-refractivity contribution in [2.24, 2.45) is 0 Å².